The van der Waals surface area contributed by atoms with Crippen molar-refractivity contribution in [2.75, 3.05) is 26.7 Å². The molecule has 1 aliphatic carbocycles. The Morgan fingerprint density at radius 3 is 2.52 bits per heavy atom. The van der Waals surface area contributed by atoms with Gasteiger partial charge in [-0.15, -0.1) is 0 Å². The highest BCUT2D eigenvalue weighted by atomic mass is 16.6. The molecule has 1 aliphatic heterocycles. The van der Waals surface area contributed by atoms with Crippen molar-refractivity contribution in [1.29, 1.82) is 0 Å². The van der Waals surface area contributed by atoms with Gasteiger partial charge in [0.2, 0.25) is 0 Å². The van der Waals surface area contributed by atoms with Crippen LogP contribution < -0.4 is 0 Å². The number of ether oxygens (including phenoxy) is 1. The van der Waals surface area contributed by atoms with Crippen LogP contribution in [0.3, 0.4) is 0 Å². The summed E-state index contributed by atoms with van der Waals surface area (Å²) in [4.78, 5) is 22.1. The SMILES string of the molecule is C[N+]1(CCCc2ncccn2)CCCC1COC(=O)[C@](O)(c1ccccc1)C1CCCCC1. The molecule has 4 rings (SSSR count). The molecular weight excluding hydrogens is 414 g/mol. The normalized spacial score (nSPS) is 25.5. The van der Waals surface area contributed by atoms with Gasteiger partial charge in [0.05, 0.1) is 20.1 Å². The van der Waals surface area contributed by atoms with Gasteiger partial charge in [0.25, 0.3) is 0 Å². The summed E-state index contributed by atoms with van der Waals surface area (Å²) in [6, 6.07) is 11.5. The smallest absolute Gasteiger partial charge is 0.343 e. The number of nitrogens with zero attached hydrogens (tertiary/aromatic N) is 3. The van der Waals surface area contributed by atoms with Crippen LogP contribution in [-0.4, -0.2) is 58.3 Å². The first-order valence-corrected chi connectivity index (χ1v) is 12.6. The molecule has 1 saturated heterocycles. The highest BCUT2D eigenvalue weighted by molar-refractivity contribution is 5.81. The van der Waals surface area contributed by atoms with Crippen molar-refractivity contribution in [3.05, 3.63) is 60.2 Å². The number of benzene rings is 1. The predicted octanol–water partition coefficient (Wildman–Crippen LogP) is 4.03. The molecule has 178 valence electrons. The van der Waals surface area contributed by atoms with E-state index in [9.17, 15) is 9.90 Å². The number of carbonyl (C=O) groups is 1. The number of esters is 1. The van der Waals surface area contributed by atoms with Gasteiger partial charge in [-0.05, 0) is 24.5 Å². The lowest BCUT2D eigenvalue weighted by Gasteiger charge is -2.39. The Hall–Kier alpha value is -2.31. The summed E-state index contributed by atoms with van der Waals surface area (Å²) < 4.78 is 6.83. The van der Waals surface area contributed by atoms with Crippen LogP contribution in [0.15, 0.2) is 48.8 Å². The van der Waals surface area contributed by atoms with E-state index in [1.165, 1.54) is 6.42 Å². The Kier molecular flexibility index (Phi) is 7.76. The zero-order chi connectivity index (χ0) is 23.2. The lowest BCUT2D eigenvalue weighted by Crippen LogP contribution is -2.52. The highest BCUT2D eigenvalue weighted by Gasteiger charge is 2.48. The summed E-state index contributed by atoms with van der Waals surface area (Å²) in [5.74, 6) is 0.319. The second-order valence-corrected chi connectivity index (χ2v) is 10.1. The van der Waals surface area contributed by atoms with E-state index < -0.39 is 11.6 Å². The Bertz CT molecular complexity index is 888. The van der Waals surface area contributed by atoms with Crippen molar-refractivity contribution in [2.24, 2.45) is 5.92 Å². The van der Waals surface area contributed by atoms with Gasteiger partial charge >= 0.3 is 5.97 Å². The number of likely N-dealkylation sites (tertiary alicyclic amines) is 1. The summed E-state index contributed by atoms with van der Waals surface area (Å²) in [7, 11) is 2.27. The molecule has 1 N–H and O–H groups in total. The van der Waals surface area contributed by atoms with Crippen molar-refractivity contribution in [1.82, 2.24) is 9.97 Å². The minimum atomic E-state index is -1.56. The lowest BCUT2D eigenvalue weighted by atomic mass is 9.73. The monoisotopic (exact) mass is 452 g/mol. The van der Waals surface area contributed by atoms with Gasteiger partial charge in [-0.3, -0.25) is 0 Å². The van der Waals surface area contributed by atoms with Crippen molar-refractivity contribution < 1.29 is 19.1 Å². The van der Waals surface area contributed by atoms with Crippen LogP contribution in [0, 0.1) is 5.92 Å². The van der Waals surface area contributed by atoms with Gasteiger partial charge in [-0.25, -0.2) is 14.8 Å². The Morgan fingerprint density at radius 1 is 1.06 bits per heavy atom. The summed E-state index contributed by atoms with van der Waals surface area (Å²) in [6.07, 6.45) is 12.6. The fraction of sp³-hybridized carbons (Fsp3) is 0.593. The van der Waals surface area contributed by atoms with Crippen LogP contribution in [-0.2, 0) is 21.6 Å². The van der Waals surface area contributed by atoms with E-state index in [0.717, 1.165) is 74.8 Å². The topological polar surface area (TPSA) is 72.3 Å². The molecule has 2 fully saturated rings. The number of quaternary nitrogens is 1. The van der Waals surface area contributed by atoms with Crippen molar-refractivity contribution in [3.8, 4) is 0 Å². The molecule has 1 saturated carbocycles. The van der Waals surface area contributed by atoms with Gasteiger partial charge in [-0.2, -0.15) is 0 Å². The van der Waals surface area contributed by atoms with Crippen LogP contribution >= 0.6 is 0 Å². The Balaban J connectivity index is 1.39. The van der Waals surface area contributed by atoms with Crippen LogP contribution in [0.25, 0.3) is 0 Å². The van der Waals surface area contributed by atoms with Crippen LogP contribution in [0.2, 0.25) is 0 Å². The average Bonchev–Trinajstić information content (AvgIpc) is 3.23. The molecule has 1 aromatic heterocycles. The molecule has 33 heavy (non-hydrogen) atoms. The van der Waals surface area contributed by atoms with E-state index in [1.807, 2.05) is 36.4 Å². The molecule has 2 aliphatic rings. The summed E-state index contributed by atoms with van der Waals surface area (Å²) in [6.45, 7) is 2.45. The van der Waals surface area contributed by atoms with Crippen LogP contribution in [0.4, 0.5) is 0 Å². The number of rotatable bonds is 9. The number of carbonyl (C=O) groups excluding carboxylic acids is 1. The minimum Gasteiger partial charge on any atom is -0.457 e. The van der Waals surface area contributed by atoms with Crippen molar-refractivity contribution in [2.45, 2.75) is 69.4 Å². The molecule has 0 spiro atoms. The molecule has 0 radical (unpaired) electrons. The van der Waals surface area contributed by atoms with E-state index >= 15 is 0 Å². The number of hydrogen-bond acceptors (Lipinski definition) is 5. The van der Waals surface area contributed by atoms with E-state index in [1.54, 1.807) is 12.4 Å². The van der Waals surface area contributed by atoms with Gasteiger partial charge in [0, 0.05) is 44.0 Å². The third kappa shape index (κ3) is 5.44. The third-order valence-electron chi connectivity index (χ3n) is 7.90. The molecule has 2 aromatic rings. The first kappa shape index (κ1) is 23.8. The molecular formula is C27H38N3O3+. The Labute approximate surface area is 197 Å². The second kappa shape index (κ2) is 10.7. The highest BCUT2D eigenvalue weighted by Crippen LogP contribution is 2.40. The number of aliphatic hydroxyl groups is 1. The third-order valence-corrected chi connectivity index (χ3v) is 7.90. The lowest BCUT2D eigenvalue weighted by molar-refractivity contribution is -0.921. The van der Waals surface area contributed by atoms with Gasteiger partial charge in [-0.1, -0.05) is 49.6 Å². The largest absolute Gasteiger partial charge is 0.457 e. The maximum absolute atomic E-state index is 13.4. The summed E-state index contributed by atoms with van der Waals surface area (Å²) in [5.41, 5.74) is -0.901. The van der Waals surface area contributed by atoms with E-state index in [-0.39, 0.29) is 12.0 Å². The minimum absolute atomic E-state index is 0.0866. The van der Waals surface area contributed by atoms with Crippen molar-refractivity contribution >= 4 is 5.97 Å². The zero-order valence-electron chi connectivity index (χ0n) is 19.9. The molecule has 1 aromatic carbocycles. The number of likely N-dealkylation sites (N-methyl/N-ethyl adjacent to an activating group) is 1. The Morgan fingerprint density at radius 2 is 1.79 bits per heavy atom. The van der Waals surface area contributed by atoms with Gasteiger partial charge in [0.15, 0.2) is 5.60 Å². The van der Waals surface area contributed by atoms with E-state index in [4.69, 9.17) is 4.74 Å². The molecule has 6 nitrogen and oxygen atoms in total. The van der Waals surface area contributed by atoms with E-state index in [0.29, 0.717) is 12.2 Å². The second-order valence-electron chi connectivity index (χ2n) is 10.1. The molecule has 3 atom stereocenters. The van der Waals surface area contributed by atoms with Crippen LogP contribution in [0.5, 0.6) is 0 Å². The van der Waals surface area contributed by atoms with Crippen molar-refractivity contribution in [3.63, 3.8) is 0 Å². The molecule has 0 amide bonds. The first-order valence-electron chi connectivity index (χ1n) is 12.6. The summed E-state index contributed by atoms with van der Waals surface area (Å²) >= 11 is 0. The average molecular weight is 453 g/mol. The maximum atomic E-state index is 13.4. The number of hydrogen-bond donors (Lipinski definition) is 1. The molecule has 0 bridgehead atoms. The first-order chi connectivity index (χ1) is 16.0. The molecule has 2 unspecified atom stereocenters. The summed E-state index contributed by atoms with van der Waals surface area (Å²) in [5, 5.41) is 11.8. The number of aromatic nitrogens is 2. The standard InChI is InChI=1S/C27H38N3O3/c1-30(20-9-16-25-28-17-10-18-29-25)19-8-15-24(30)21-33-26(31)27(32,22-11-4-2-5-12-22)23-13-6-3-7-14-23/h2,4-5,10-12,17-18,23-24,32H,3,6-9,13-16,19-21H2,1H3/q+1/t24?,27-,30?/m0/s1. The van der Waals surface area contributed by atoms with E-state index in [2.05, 4.69) is 17.0 Å². The number of aryl methyl sites for hydroxylation is 1. The zero-order valence-corrected chi connectivity index (χ0v) is 19.9. The van der Waals surface area contributed by atoms with Crippen LogP contribution in [0.1, 0.15) is 62.8 Å². The van der Waals surface area contributed by atoms with Gasteiger partial charge in [0.1, 0.15) is 18.5 Å². The maximum Gasteiger partial charge on any atom is 0.343 e. The fourth-order valence-electron chi connectivity index (χ4n) is 5.81. The molecule has 6 heteroatoms. The molecule has 2 heterocycles. The van der Waals surface area contributed by atoms with Gasteiger partial charge < -0.3 is 14.3 Å². The fourth-order valence-corrected chi connectivity index (χ4v) is 5.81. The quantitative estimate of drug-likeness (QED) is 0.459. The predicted molar refractivity (Wildman–Crippen MR) is 127 cm³/mol.